The molecule has 0 aromatic rings. The van der Waals surface area contributed by atoms with Gasteiger partial charge in [-0.2, -0.15) is 0 Å². The van der Waals surface area contributed by atoms with Gasteiger partial charge >= 0.3 is 0 Å². The zero-order valence-electron chi connectivity index (χ0n) is 9.77. The minimum atomic E-state index is 0.515. The van der Waals surface area contributed by atoms with Crippen molar-refractivity contribution in [1.29, 1.82) is 0 Å². The summed E-state index contributed by atoms with van der Waals surface area (Å²) in [6, 6.07) is 0.717. The van der Waals surface area contributed by atoms with E-state index in [9.17, 15) is 0 Å². The molecule has 2 aliphatic carbocycles. The summed E-state index contributed by atoms with van der Waals surface area (Å²) in [5.41, 5.74) is 1.05. The molecule has 1 heteroatoms. The van der Waals surface area contributed by atoms with Crippen LogP contribution in [0.25, 0.3) is 0 Å². The summed E-state index contributed by atoms with van der Waals surface area (Å²) in [6.07, 6.45) is 6.19. The molecule has 0 aromatic carbocycles. The number of rotatable bonds is 3. The van der Waals surface area contributed by atoms with E-state index >= 15 is 0 Å². The monoisotopic (exact) mass is 193 g/mol. The first kappa shape index (κ1) is 10.2. The van der Waals surface area contributed by atoms with Gasteiger partial charge in [0.1, 0.15) is 0 Å². The normalized spacial score (nSPS) is 44.2. The lowest BCUT2D eigenvalue weighted by Gasteiger charge is -2.39. The van der Waals surface area contributed by atoms with E-state index in [1.807, 2.05) is 6.08 Å². The van der Waals surface area contributed by atoms with E-state index in [2.05, 4.69) is 32.7 Å². The Balaban J connectivity index is 2.14. The van der Waals surface area contributed by atoms with Crippen LogP contribution in [0.5, 0.6) is 0 Å². The van der Waals surface area contributed by atoms with Gasteiger partial charge in [-0.1, -0.05) is 26.8 Å². The third kappa shape index (κ3) is 1.11. The van der Waals surface area contributed by atoms with Crippen LogP contribution in [-0.2, 0) is 0 Å². The summed E-state index contributed by atoms with van der Waals surface area (Å²) < 4.78 is 0. The standard InChI is InChI=1S/C13H23N/c1-5-8-14-11-9-10-6-7-13(11,4)12(10,2)3/h5,10-11,14H,1,6-9H2,2-4H3/t10-,11?,13+/m0/s1. The first-order chi connectivity index (χ1) is 6.52. The van der Waals surface area contributed by atoms with E-state index in [4.69, 9.17) is 0 Å². The molecule has 3 atom stereocenters. The molecule has 0 aromatic heterocycles. The van der Waals surface area contributed by atoms with Crippen LogP contribution in [-0.4, -0.2) is 12.6 Å². The molecule has 2 bridgehead atoms. The lowest BCUT2D eigenvalue weighted by molar-refractivity contribution is 0.123. The Morgan fingerprint density at radius 3 is 2.57 bits per heavy atom. The highest BCUT2D eigenvalue weighted by molar-refractivity contribution is 5.13. The molecule has 1 unspecified atom stereocenters. The van der Waals surface area contributed by atoms with Gasteiger partial charge in [0, 0.05) is 12.6 Å². The van der Waals surface area contributed by atoms with E-state index in [1.54, 1.807) is 0 Å². The zero-order chi connectivity index (χ0) is 10.4. The number of hydrogen-bond donors (Lipinski definition) is 1. The van der Waals surface area contributed by atoms with Crippen molar-refractivity contribution in [3.05, 3.63) is 12.7 Å². The third-order valence-corrected chi connectivity index (χ3v) is 5.30. The predicted octanol–water partition coefficient (Wildman–Crippen LogP) is 2.98. The molecule has 0 radical (unpaired) electrons. The SMILES string of the molecule is C=CCNC1C[C@@H]2CC[C@@]1(C)C2(C)C. The van der Waals surface area contributed by atoms with E-state index in [0.29, 0.717) is 16.9 Å². The van der Waals surface area contributed by atoms with Crippen molar-refractivity contribution in [2.75, 3.05) is 6.54 Å². The molecular weight excluding hydrogens is 170 g/mol. The van der Waals surface area contributed by atoms with Crippen LogP contribution in [0.4, 0.5) is 0 Å². The minimum absolute atomic E-state index is 0.515. The molecule has 0 heterocycles. The topological polar surface area (TPSA) is 12.0 Å². The molecule has 1 nitrogen and oxygen atoms in total. The van der Waals surface area contributed by atoms with Crippen LogP contribution in [0.1, 0.15) is 40.0 Å². The molecule has 0 amide bonds. The minimum Gasteiger partial charge on any atom is -0.310 e. The second kappa shape index (κ2) is 3.10. The average molecular weight is 193 g/mol. The van der Waals surface area contributed by atoms with E-state index in [-0.39, 0.29) is 0 Å². The van der Waals surface area contributed by atoms with Crippen LogP contribution in [0.2, 0.25) is 0 Å². The number of hydrogen-bond acceptors (Lipinski definition) is 1. The molecular formula is C13H23N. The fourth-order valence-corrected chi connectivity index (χ4v) is 3.74. The van der Waals surface area contributed by atoms with E-state index in [0.717, 1.165) is 12.5 Å². The van der Waals surface area contributed by atoms with Crippen molar-refractivity contribution in [2.45, 2.75) is 46.1 Å². The van der Waals surface area contributed by atoms with Crippen molar-refractivity contribution in [3.8, 4) is 0 Å². The van der Waals surface area contributed by atoms with Gasteiger partial charge in [-0.25, -0.2) is 0 Å². The Labute approximate surface area is 88.0 Å². The van der Waals surface area contributed by atoms with Gasteiger partial charge in [0.05, 0.1) is 0 Å². The highest BCUT2D eigenvalue weighted by atomic mass is 15.0. The van der Waals surface area contributed by atoms with Gasteiger partial charge in [0.15, 0.2) is 0 Å². The molecule has 0 aliphatic heterocycles. The summed E-state index contributed by atoms with van der Waals surface area (Å²) in [5, 5.41) is 3.64. The quantitative estimate of drug-likeness (QED) is 0.679. The molecule has 2 aliphatic rings. The van der Waals surface area contributed by atoms with E-state index in [1.165, 1.54) is 19.3 Å². The second-order valence-corrected chi connectivity index (χ2v) is 5.86. The summed E-state index contributed by atoms with van der Waals surface area (Å²) in [5.74, 6) is 0.940. The maximum Gasteiger partial charge on any atom is 0.0135 e. The van der Waals surface area contributed by atoms with Crippen LogP contribution in [0.15, 0.2) is 12.7 Å². The Kier molecular flexibility index (Phi) is 2.26. The molecule has 2 fully saturated rings. The first-order valence-corrected chi connectivity index (χ1v) is 5.86. The van der Waals surface area contributed by atoms with Crippen LogP contribution < -0.4 is 5.32 Å². The van der Waals surface area contributed by atoms with Gasteiger partial charge < -0.3 is 5.32 Å². The number of nitrogens with one attached hydrogen (secondary N) is 1. The fourth-order valence-electron chi connectivity index (χ4n) is 3.74. The summed E-state index contributed by atoms with van der Waals surface area (Å²) in [4.78, 5) is 0. The van der Waals surface area contributed by atoms with E-state index < -0.39 is 0 Å². The summed E-state index contributed by atoms with van der Waals surface area (Å²) in [6.45, 7) is 12.1. The lowest BCUT2D eigenvalue weighted by atomic mass is 9.69. The highest BCUT2D eigenvalue weighted by Gasteiger charge is 2.60. The average Bonchev–Trinajstić information content (AvgIpc) is 2.46. The Morgan fingerprint density at radius 1 is 1.43 bits per heavy atom. The van der Waals surface area contributed by atoms with Gasteiger partial charge in [-0.05, 0) is 36.0 Å². The largest absolute Gasteiger partial charge is 0.310 e. The summed E-state index contributed by atoms with van der Waals surface area (Å²) >= 11 is 0. The molecule has 2 rings (SSSR count). The molecule has 1 N–H and O–H groups in total. The molecule has 0 spiro atoms. The lowest BCUT2D eigenvalue weighted by Crippen LogP contribution is -2.44. The molecule has 2 saturated carbocycles. The Hall–Kier alpha value is -0.300. The van der Waals surface area contributed by atoms with Crippen molar-refractivity contribution in [1.82, 2.24) is 5.32 Å². The van der Waals surface area contributed by atoms with Gasteiger partial charge in [-0.15, -0.1) is 6.58 Å². The molecule has 80 valence electrons. The summed E-state index contributed by atoms with van der Waals surface area (Å²) in [7, 11) is 0. The van der Waals surface area contributed by atoms with Crippen LogP contribution >= 0.6 is 0 Å². The van der Waals surface area contributed by atoms with Gasteiger partial charge in [0.25, 0.3) is 0 Å². The predicted molar refractivity (Wildman–Crippen MR) is 61.2 cm³/mol. The third-order valence-electron chi connectivity index (χ3n) is 5.30. The van der Waals surface area contributed by atoms with Crippen molar-refractivity contribution >= 4 is 0 Å². The maximum atomic E-state index is 3.78. The van der Waals surface area contributed by atoms with Crippen molar-refractivity contribution in [2.24, 2.45) is 16.7 Å². The Bertz CT molecular complexity index is 244. The number of fused-ring (bicyclic) bond motifs is 2. The second-order valence-electron chi connectivity index (χ2n) is 5.86. The van der Waals surface area contributed by atoms with Crippen LogP contribution in [0, 0.1) is 16.7 Å². The molecule has 0 saturated heterocycles. The van der Waals surface area contributed by atoms with Crippen molar-refractivity contribution < 1.29 is 0 Å². The smallest absolute Gasteiger partial charge is 0.0135 e. The maximum absolute atomic E-state index is 3.78. The molecule has 14 heavy (non-hydrogen) atoms. The first-order valence-electron chi connectivity index (χ1n) is 5.86. The zero-order valence-corrected chi connectivity index (χ0v) is 9.77. The fraction of sp³-hybridized carbons (Fsp3) is 0.846. The van der Waals surface area contributed by atoms with Gasteiger partial charge in [-0.3, -0.25) is 0 Å². The highest BCUT2D eigenvalue weighted by Crippen LogP contribution is 2.65. The Morgan fingerprint density at radius 2 is 2.14 bits per heavy atom. The van der Waals surface area contributed by atoms with Crippen molar-refractivity contribution in [3.63, 3.8) is 0 Å². The van der Waals surface area contributed by atoms with Gasteiger partial charge in [0.2, 0.25) is 0 Å². The van der Waals surface area contributed by atoms with Crippen LogP contribution in [0.3, 0.4) is 0 Å².